The van der Waals surface area contributed by atoms with E-state index in [0.29, 0.717) is 19.4 Å². The van der Waals surface area contributed by atoms with Crippen LogP contribution in [0.5, 0.6) is 0 Å². The van der Waals surface area contributed by atoms with Crippen LogP contribution >= 0.6 is 0 Å². The second kappa shape index (κ2) is 46.2. The van der Waals surface area contributed by atoms with Gasteiger partial charge in [0.15, 0.2) is 0 Å². The van der Waals surface area contributed by atoms with Crippen LogP contribution in [0.15, 0.2) is 0 Å². The van der Waals surface area contributed by atoms with Gasteiger partial charge in [0.2, 0.25) is 0 Å². The molecule has 0 aliphatic rings. The maximum atomic E-state index is 12.8. The summed E-state index contributed by atoms with van der Waals surface area (Å²) in [5.74, 6) is -0.0126. The fourth-order valence-electron chi connectivity index (χ4n) is 7.84. The fourth-order valence-corrected chi connectivity index (χ4v) is 7.84. The third kappa shape index (κ3) is 42.3. The van der Waals surface area contributed by atoms with Crippen molar-refractivity contribution in [3.63, 3.8) is 0 Å². The Labute approximate surface area is 360 Å². The van der Waals surface area contributed by atoms with Gasteiger partial charge in [0.1, 0.15) is 6.10 Å². The Balaban J connectivity index is 4.41. The summed E-state index contributed by atoms with van der Waals surface area (Å²) in [5, 5.41) is 5.49. The van der Waals surface area contributed by atoms with Gasteiger partial charge in [0.05, 0.1) is 6.61 Å². The van der Waals surface area contributed by atoms with E-state index in [-0.39, 0.29) is 24.1 Å². The summed E-state index contributed by atoms with van der Waals surface area (Å²) in [6, 6.07) is -0.107. The Morgan fingerprint density at radius 3 is 1.31 bits per heavy atom. The number of unbranched alkanes of at least 4 members (excludes halogenated alkanes) is 27. The molecule has 2 amide bonds. The van der Waals surface area contributed by atoms with E-state index < -0.39 is 0 Å². The van der Waals surface area contributed by atoms with Gasteiger partial charge in [-0.1, -0.05) is 175 Å². The highest BCUT2D eigenvalue weighted by molar-refractivity contribution is 5.73. The highest BCUT2D eigenvalue weighted by atomic mass is 16.5. The van der Waals surface area contributed by atoms with E-state index in [1.807, 2.05) is 0 Å². The van der Waals surface area contributed by atoms with Crippen LogP contribution in [0.25, 0.3) is 0 Å². The molecule has 0 aliphatic heterocycles. The molecular formula is C50H99N3O5. The molecule has 8 nitrogen and oxygen atoms in total. The molecule has 0 spiro atoms. The maximum absolute atomic E-state index is 12.8. The monoisotopic (exact) mass is 822 g/mol. The molecule has 0 aromatic rings. The highest BCUT2D eigenvalue weighted by Crippen LogP contribution is 2.19. The first-order chi connectivity index (χ1) is 28.5. The lowest BCUT2D eigenvalue weighted by Gasteiger charge is -2.22. The molecule has 0 aliphatic carbocycles. The van der Waals surface area contributed by atoms with Crippen molar-refractivity contribution < 1.29 is 23.9 Å². The van der Waals surface area contributed by atoms with Crippen molar-refractivity contribution >= 4 is 18.0 Å². The number of ether oxygens (including phenoxy) is 2. The molecule has 2 N–H and O–H groups in total. The van der Waals surface area contributed by atoms with Crippen molar-refractivity contribution in [3.8, 4) is 0 Å². The lowest BCUT2D eigenvalue weighted by atomic mass is 10.0. The molecule has 0 fully saturated rings. The predicted octanol–water partition coefficient (Wildman–Crippen LogP) is 14.2. The first-order valence-electron chi connectivity index (χ1n) is 25.5. The van der Waals surface area contributed by atoms with Crippen molar-refractivity contribution in [3.05, 3.63) is 0 Å². The summed E-state index contributed by atoms with van der Waals surface area (Å²) in [5.41, 5.74) is 0. The minimum absolute atomic E-state index is 0.0182. The van der Waals surface area contributed by atoms with Gasteiger partial charge in [-0.05, 0) is 90.3 Å². The van der Waals surface area contributed by atoms with Crippen LogP contribution in [0.1, 0.15) is 258 Å². The topological polar surface area (TPSA) is 97.0 Å². The first-order valence-corrected chi connectivity index (χ1v) is 25.5. The summed E-state index contributed by atoms with van der Waals surface area (Å²) < 4.78 is 11.6. The van der Waals surface area contributed by atoms with E-state index in [9.17, 15) is 14.4 Å². The smallest absolute Gasteiger partial charge is 0.314 e. The van der Waals surface area contributed by atoms with Gasteiger partial charge >= 0.3 is 18.0 Å². The average molecular weight is 822 g/mol. The van der Waals surface area contributed by atoms with Crippen molar-refractivity contribution in [2.45, 2.75) is 264 Å². The number of esters is 2. The minimum Gasteiger partial charge on any atom is -0.466 e. The number of urea groups is 1. The Bertz CT molecular complexity index is 871. The third-order valence-corrected chi connectivity index (χ3v) is 11.7. The Hall–Kier alpha value is -1.83. The van der Waals surface area contributed by atoms with E-state index in [2.05, 4.69) is 36.3 Å². The van der Waals surface area contributed by atoms with Crippen molar-refractivity contribution in [1.82, 2.24) is 15.5 Å². The van der Waals surface area contributed by atoms with Crippen LogP contribution in [0.3, 0.4) is 0 Å². The van der Waals surface area contributed by atoms with E-state index in [0.717, 1.165) is 96.8 Å². The number of hydrogen-bond acceptors (Lipinski definition) is 6. The summed E-state index contributed by atoms with van der Waals surface area (Å²) in [6.45, 7) is 11.4. The molecule has 0 bridgehead atoms. The predicted molar refractivity (Wildman–Crippen MR) is 248 cm³/mol. The van der Waals surface area contributed by atoms with E-state index >= 15 is 0 Å². The van der Waals surface area contributed by atoms with Crippen LogP contribution in [-0.2, 0) is 19.1 Å². The van der Waals surface area contributed by atoms with Gasteiger partial charge in [0, 0.05) is 26.4 Å². The zero-order valence-corrected chi connectivity index (χ0v) is 39.3. The van der Waals surface area contributed by atoms with Crippen LogP contribution < -0.4 is 10.6 Å². The fraction of sp³-hybridized carbons (Fsp3) is 0.940. The molecule has 344 valence electrons. The van der Waals surface area contributed by atoms with Gasteiger partial charge in [-0.2, -0.15) is 0 Å². The van der Waals surface area contributed by atoms with Gasteiger partial charge < -0.3 is 25.0 Å². The summed E-state index contributed by atoms with van der Waals surface area (Å²) >= 11 is 0. The molecule has 0 atom stereocenters. The highest BCUT2D eigenvalue weighted by Gasteiger charge is 2.14. The first kappa shape index (κ1) is 56.2. The van der Waals surface area contributed by atoms with Crippen molar-refractivity contribution in [2.24, 2.45) is 0 Å². The third-order valence-electron chi connectivity index (χ3n) is 11.7. The number of carbonyl (C=O) groups is 3. The molecule has 8 heteroatoms. The second-order valence-electron chi connectivity index (χ2n) is 17.4. The number of rotatable bonds is 46. The van der Waals surface area contributed by atoms with Crippen molar-refractivity contribution in [1.29, 1.82) is 0 Å². The molecule has 0 aromatic heterocycles. The Kier molecular flexibility index (Phi) is 44.8. The lowest BCUT2D eigenvalue weighted by Crippen LogP contribution is -2.33. The number of nitrogens with zero attached hydrogens (tertiary/aromatic N) is 1. The number of carbonyl (C=O) groups excluding carboxylic acids is 3. The van der Waals surface area contributed by atoms with Crippen molar-refractivity contribution in [2.75, 3.05) is 39.8 Å². The van der Waals surface area contributed by atoms with Crippen LogP contribution in [0.2, 0.25) is 0 Å². The number of hydrogen-bond donors (Lipinski definition) is 2. The molecule has 58 heavy (non-hydrogen) atoms. The molecule has 0 saturated carbocycles. The summed E-state index contributed by atoms with van der Waals surface area (Å²) in [7, 11) is 1.65. The lowest BCUT2D eigenvalue weighted by molar-refractivity contribution is -0.150. The van der Waals surface area contributed by atoms with Crippen LogP contribution in [-0.4, -0.2) is 68.8 Å². The second-order valence-corrected chi connectivity index (χ2v) is 17.4. The molecule has 0 aromatic carbocycles. The normalized spacial score (nSPS) is 11.4. The van der Waals surface area contributed by atoms with Gasteiger partial charge in [-0.3, -0.25) is 9.59 Å². The molecule has 0 radical (unpaired) electrons. The zero-order chi connectivity index (χ0) is 42.4. The zero-order valence-electron chi connectivity index (χ0n) is 39.3. The largest absolute Gasteiger partial charge is 0.466 e. The van der Waals surface area contributed by atoms with E-state index in [1.54, 1.807) is 7.05 Å². The van der Waals surface area contributed by atoms with E-state index in [1.165, 1.54) is 154 Å². The number of amides is 2. The average Bonchev–Trinajstić information content (AvgIpc) is 3.22. The van der Waals surface area contributed by atoms with Crippen LogP contribution in [0.4, 0.5) is 4.79 Å². The Morgan fingerprint density at radius 1 is 0.448 bits per heavy atom. The summed E-state index contributed by atoms with van der Waals surface area (Å²) in [6.07, 6.45) is 43.2. The van der Waals surface area contributed by atoms with Gasteiger partial charge in [0.25, 0.3) is 0 Å². The van der Waals surface area contributed by atoms with Gasteiger partial charge in [-0.15, -0.1) is 0 Å². The maximum Gasteiger partial charge on any atom is 0.314 e. The van der Waals surface area contributed by atoms with Crippen LogP contribution in [0, 0.1) is 0 Å². The van der Waals surface area contributed by atoms with Gasteiger partial charge in [-0.25, -0.2) is 4.79 Å². The summed E-state index contributed by atoms with van der Waals surface area (Å²) in [4.78, 5) is 39.1. The molecule has 0 saturated heterocycles. The molecule has 0 rings (SSSR count). The SMILES string of the molecule is CCCCCCCCCCCOC(=O)CCCCCN(CCCCCCCC(=O)OC(CCCCCCCC)CCCCCCCC)CCCCCCNC(=O)NC. The molecule has 0 unspecified atom stereocenters. The molecule has 0 heterocycles. The van der Waals surface area contributed by atoms with E-state index in [4.69, 9.17) is 9.47 Å². The minimum atomic E-state index is -0.107. The Morgan fingerprint density at radius 2 is 0.828 bits per heavy atom. The quantitative estimate of drug-likeness (QED) is 0.0469. The molecular weight excluding hydrogens is 723 g/mol. The standard InChI is InChI=1S/C50H99N3O5/c1-5-8-11-14-17-18-19-27-37-46-57-48(54)40-32-28-36-45-53(44-35-26-24-33-42-52-50(56)51-4)43-34-25-20-23-31-41-49(55)58-47(38-29-21-15-12-9-6-2)39-30-22-16-13-10-7-3/h47H,5-46H2,1-4H3,(H2,51,52,56). The number of nitrogens with one attached hydrogen (secondary N) is 2.